The first-order chi connectivity index (χ1) is 15.2. The van der Waals surface area contributed by atoms with E-state index in [2.05, 4.69) is 10.6 Å². The molecule has 0 saturated heterocycles. The van der Waals surface area contributed by atoms with Gasteiger partial charge in [0.25, 0.3) is 11.8 Å². The van der Waals surface area contributed by atoms with Gasteiger partial charge in [0.05, 0.1) is 23.1 Å². The zero-order valence-electron chi connectivity index (χ0n) is 16.2. The van der Waals surface area contributed by atoms with E-state index < -0.39 is 41.3 Å². The molecule has 0 fully saturated rings. The quantitative estimate of drug-likeness (QED) is 0.586. The normalized spacial score (nSPS) is 15.5. The summed E-state index contributed by atoms with van der Waals surface area (Å²) in [7, 11) is 0. The summed E-state index contributed by atoms with van der Waals surface area (Å²) in [6, 6.07) is 12.2. The van der Waals surface area contributed by atoms with E-state index in [0.717, 1.165) is 6.07 Å². The molecule has 7 nitrogen and oxygen atoms in total. The molecule has 1 aliphatic rings. The van der Waals surface area contributed by atoms with Crippen molar-refractivity contribution in [3.05, 3.63) is 83.3 Å². The minimum Gasteiger partial charge on any atom is -0.459 e. The van der Waals surface area contributed by atoms with Gasteiger partial charge in [-0.2, -0.15) is 13.2 Å². The van der Waals surface area contributed by atoms with Crippen molar-refractivity contribution in [2.75, 3.05) is 10.6 Å². The van der Waals surface area contributed by atoms with E-state index in [1.54, 1.807) is 24.3 Å². The van der Waals surface area contributed by atoms with Crippen molar-refractivity contribution < 1.29 is 36.7 Å². The van der Waals surface area contributed by atoms with Crippen LogP contribution in [0.3, 0.4) is 0 Å². The van der Waals surface area contributed by atoms with Crippen molar-refractivity contribution in [3.8, 4) is 0 Å². The van der Waals surface area contributed by atoms with Gasteiger partial charge in [-0.15, -0.1) is 0 Å². The van der Waals surface area contributed by atoms with Gasteiger partial charge in [0.2, 0.25) is 0 Å². The molecule has 32 heavy (non-hydrogen) atoms. The lowest BCUT2D eigenvalue weighted by Gasteiger charge is -2.24. The van der Waals surface area contributed by atoms with Crippen LogP contribution in [0.15, 0.2) is 65.3 Å². The number of nitrogens with one attached hydrogen (secondary N) is 2. The standard InChI is InChI=1S/C22H15F3N2O5/c23-22(24,25)15-11-13(26-19(28)17-6-3-9-31-17)7-8-16(15)27-20(29)18-10-12-4-1-2-5-14(12)21(30)32-18/h1-9,11,18H,10H2,(H,26,28)(H,27,29)/t18-/m0/s1. The maximum Gasteiger partial charge on any atom is 0.418 e. The predicted molar refractivity (Wildman–Crippen MR) is 106 cm³/mol. The summed E-state index contributed by atoms with van der Waals surface area (Å²) in [4.78, 5) is 36.7. The number of benzene rings is 2. The number of esters is 1. The molecule has 4 rings (SSSR count). The van der Waals surface area contributed by atoms with Gasteiger partial charge in [0, 0.05) is 12.1 Å². The van der Waals surface area contributed by atoms with Crippen molar-refractivity contribution in [2.45, 2.75) is 18.7 Å². The number of halogens is 3. The number of ether oxygens (including phenoxy) is 1. The van der Waals surface area contributed by atoms with Crippen LogP contribution in [0.1, 0.15) is 32.0 Å². The molecule has 0 saturated carbocycles. The summed E-state index contributed by atoms with van der Waals surface area (Å²) >= 11 is 0. The Bertz CT molecular complexity index is 1190. The number of anilines is 2. The van der Waals surface area contributed by atoms with Crippen molar-refractivity contribution in [2.24, 2.45) is 0 Å². The topological polar surface area (TPSA) is 97.6 Å². The number of hydrogen-bond acceptors (Lipinski definition) is 5. The van der Waals surface area contributed by atoms with Crippen molar-refractivity contribution >= 4 is 29.2 Å². The molecule has 0 aliphatic carbocycles. The summed E-state index contributed by atoms with van der Waals surface area (Å²) in [6.45, 7) is 0. The van der Waals surface area contributed by atoms with Crippen LogP contribution in [0.5, 0.6) is 0 Å². The lowest BCUT2D eigenvalue weighted by atomic mass is 9.98. The molecule has 0 radical (unpaired) electrons. The Labute approximate surface area is 179 Å². The zero-order chi connectivity index (χ0) is 22.9. The minimum atomic E-state index is -4.83. The maximum atomic E-state index is 13.6. The average Bonchev–Trinajstić information content (AvgIpc) is 3.29. The Hall–Kier alpha value is -4.08. The van der Waals surface area contributed by atoms with Crippen LogP contribution in [-0.4, -0.2) is 23.9 Å². The number of rotatable bonds is 4. The van der Waals surface area contributed by atoms with Gasteiger partial charge >= 0.3 is 12.1 Å². The fourth-order valence-corrected chi connectivity index (χ4v) is 3.26. The van der Waals surface area contributed by atoms with Crippen molar-refractivity contribution in [1.82, 2.24) is 0 Å². The Kier molecular flexibility index (Phi) is 5.43. The Morgan fingerprint density at radius 1 is 1.00 bits per heavy atom. The Balaban J connectivity index is 1.55. The third kappa shape index (κ3) is 4.34. The smallest absolute Gasteiger partial charge is 0.418 e. The zero-order valence-corrected chi connectivity index (χ0v) is 16.2. The highest BCUT2D eigenvalue weighted by Crippen LogP contribution is 2.37. The molecule has 2 aromatic carbocycles. The lowest BCUT2D eigenvalue weighted by Crippen LogP contribution is -2.38. The number of furan rings is 1. The molecule has 3 aromatic rings. The maximum absolute atomic E-state index is 13.6. The van der Waals surface area contributed by atoms with Crippen molar-refractivity contribution in [1.29, 1.82) is 0 Å². The van der Waals surface area contributed by atoms with E-state index in [1.165, 1.54) is 24.5 Å². The van der Waals surface area contributed by atoms with Crippen LogP contribution in [0.25, 0.3) is 0 Å². The molecule has 0 bridgehead atoms. The third-order valence-electron chi connectivity index (χ3n) is 4.77. The highest BCUT2D eigenvalue weighted by Gasteiger charge is 2.36. The highest BCUT2D eigenvalue weighted by molar-refractivity contribution is 6.03. The van der Waals surface area contributed by atoms with E-state index in [1.807, 2.05) is 0 Å². The molecule has 1 aromatic heterocycles. The van der Waals surface area contributed by atoms with E-state index in [0.29, 0.717) is 17.2 Å². The van der Waals surface area contributed by atoms with Crippen LogP contribution in [0, 0.1) is 0 Å². The third-order valence-corrected chi connectivity index (χ3v) is 4.77. The van der Waals surface area contributed by atoms with Gasteiger partial charge in [0.1, 0.15) is 0 Å². The van der Waals surface area contributed by atoms with Crippen LogP contribution in [0.2, 0.25) is 0 Å². The summed E-state index contributed by atoms with van der Waals surface area (Å²) < 4.78 is 50.9. The fourth-order valence-electron chi connectivity index (χ4n) is 3.26. The second-order valence-electron chi connectivity index (χ2n) is 6.93. The second kappa shape index (κ2) is 8.22. The number of hydrogen-bond donors (Lipinski definition) is 2. The summed E-state index contributed by atoms with van der Waals surface area (Å²) in [5, 5.41) is 4.48. The average molecular weight is 444 g/mol. The van der Waals surface area contributed by atoms with E-state index in [-0.39, 0.29) is 17.9 Å². The molecular weight excluding hydrogens is 429 g/mol. The fraction of sp³-hybridized carbons (Fsp3) is 0.136. The number of alkyl halides is 3. The van der Waals surface area contributed by atoms with E-state index in [4.69, 9.17) is 9.15 Å². The van der Waals surface area contributed by atoms with Crippen LogP contribution < -0.4 is 10.6 Å². The predicted octanol–water partition coefficient (Wildman–Crippen LogP) is 4.27. The molecule has 2 N–H and O–H groups in total. The van der Waals surface area contributed by atoms with Gasteiger partial charge < -0.3 is 19.8 Å². The molecule has 1 aliphatic heterocycles. The van der Waals surface area contributed by atoms with Gasteiger partial charge in [-0.1, -0.05) is 18.2 Å². The largest absolute Gasteiger partial charge is 0.459 e. The van der Waals surface area contributed by atoms with Gasteiger partial charge in [-0.05, 0) is 42.0 Å². The van der Waals surface area contributed by atoms with E-state index >= 15 is 0 Å². The number of fused-ring (bicyclic) bond motifs is 1. The molecule has 164 valence electrons. The first kappa shape index (κ1) is 21.2. The Morgan fingerprint density at radius 2 is 1.78 bits per heavy atom. The first-order valence-electron chi connectivity index (χ1n) is 9.38. The minimum absolute atomic E-state index is 0.0341. The SMILES string of the molecule is O=C(Nc1ccc(NC(=O)[C@@H]2Cc3ccccc3C(=O)O2)c(C(F)(F)F)c1)c1ccco1. The van der Waals surface area contributed by atoms with Gasteiger partial charge in [0.15, 0.2) is 11.9 Å². The molecule has 10 heteroatoms. The van der Waals surface area contributed by atoms with Gasteiger partial charge in [-0.25, -0.2) is 4.79 Å². The molecule has 0 spiro atoms. The number of carbonyl (C=O) groups is 3. The van der Waals surface area contributed by atoms with Crippen LogP contribution in [-0.2, 0) is 22.1 Å². The summed E-state index contributed by atoms with van der Waals surface area (Å²) in [5.41, 5.74) is -0.978. The molecule has 1 atom stereocenters. The number of carbonyl (C=O) groups excluding carboxylic acids is 3. The van der Waals surface area contributed by atoms with Crippen LogP contribution >= 0.6 is 0 Å². The number of amides is 2. The second-order valence-corrected chi connectivity index (χ2v) is 6.93. The summed E-state index contributed by atoms with van der Waals surface area (Å²) in [5.74, 6) is -2.42. The lowest BCUT2D eigenvalue weighted by molar-refractivity contribution is -0.137. The van der Waals surface area contributed by atoms with Crippen molar-refractivity contribution in [3.63, 3.8) is 0 Å². The Morgan fingerprint density at radius 3 is 2.50 bits per heavy atom. The summed E-state index contributed by atoms with van der Waals surface area (Å²) in [6.07, 6.45) is -4.82. The first-order valence-corrected chi connectivity index (χ1v) is 9.38. The number of cyclic esters (lactones) is 1. The highest BCUT2D eigenvalue weighted by atomic mass is 19.4. The van der Waals surface area contributed by atoms with Gasteiger partial charge in [-0.3, -0.25) is 9.59 Å². The monoisotopic (exact) mass is 444 g/mol. The molecule has 0 unspecified atom stereocenters. The van der Waals surface area contributed by atoms with Crippen LogP contribution in [0.4, 0.5) is 24.5 Å². The molecule has 2 heterocycles. The van der Waals surface area contributed by atoms with E-state index in [9.17, 15) is 27.6 Å². The molecular formula is C22H15F3N2O5. The molecule has 2 amide bonds.